The minimum Gasteiger partial charge on any atom is -0.478 e. The van der Waals surface area contributed by atoms with Crippen molar-refractivity contribution in [1.29, 1.82) is 0 Å². The Bertz CT molecular complexity index is 500. The Morgan fingerprint density at radius 2 is 1.95 bits per heavy atom. The number of amides is 1. The Morgan fingerprint density at radius 3 is 2.50 bits per heavy atom. The van der Waals surface area contributed by atoms with Crippen LogP contribution in [-0.4, -0.2) is 34.6 Å². The van der Waals surface area contributed by atoms with Crippen LogP contribution in [0.5, 0.6) is 0 Å². The number of aromatic nitrogens is 1. The van der Waals surface area contributed by atoms with Crippen LogP contribution in [0.3, 0.4) is 0 Å². The van der Waals surface area contributed by atoms with E-state index in [9.17, 15) is 9.59 Å². The number of rotatable bonds is 6. The highest BCUT2D eigenvalue weighted by Crippen LogP contribution is 2.11. The number of aryl methyl sites for hydroxylation is 1. The number of hydrogen-bond acceptors (Lipinski definition) is 4. The van der Waals surface area contributed by atoms with Gasteiger partial charge in [0.25, 0.3) is 0 Å². The number of anilines is 1. The van der Waals surface area contributed by atoms with Crippen molar-refractivity contribution in [3.63, 3.8) is 0 Å². The highest BCUT2D eigenvalue weighted by Gasteiger charge is 2.14. The zero-order valence-electron chi connectivity index (χ0n) is 12.2. The number of carboxylic acid groups (broad SMARTS) is 1. The van der Waals surface area contributed by atoms with Gasteiger partial charge in [0.1, 0.15) is 11.9 Å². The average molecular weight is 279 g/mol. The third kappa shape index (κ3) is 4.87. The molecule has 1 amide bonds. The summed E-state index contributed by atoms with van der Waals surface area (Å²) in [7, 11) is 0. The van der Waals surface area contributed by atoms with Crippen LogP contribution in [0.1, 0.15) is 36.8 Å². The van der Waals surface area contributed by atoms with E-state index in [0.29, 0.717) is 24.0 Å². The highest BCUT2D eigenvalue weighted by atomic mass is 16.4. The van der Waals surface area contributed by atoms with Gasteiger partial charge in [-0.15, -0.1) is 0 Å². The summed E-state index contributed by atoms with van der Waals surface area (Å²) >= 11 is 0. The molecule has 1 heterocycles. The molecule has 0 aliphatic heterocycles. The van der Waals surface area contributed by atoms with Crippen LogP contribution in [-0.2, 0) is 4.79 Å². The molecule has 110 valence electrons. The second kappa shape index (κ2) is 6.88. The molecule has 6 nitrogen and oxygen atoms in total. The van der Waals surface area contributed by atoms with Gasteiger partial charge in [-0.3, -0.25) is 4.79 Å². The summed E-state index contributed by atoms with van der Waals surface area (Å²) in [6, 6.07) is 2.42. The summed E-state index contributed by atoms with van der Waals surface area (Å²) in [4.78, 5) is 27.0. The van der Waals surface area contributed by atoms with Crippen LogP contribution in [0.4, 0.5) is 5.82 Å². The Kier molecular flexibility index (Phi) is 5.49. The maximum atomic E-state index is 11.8. The topological polar surface area (TPSA) is 91.3 Å². The van der Waals surface area contributed by atoms with E-state index in [2.05, 4.69) is 15.6 Å². The van der Waals surface area contributed by atoms with E-state index in [-0.39, 0.29) is 11.5 Å². The fraction of sp³-hybridized carbons (Fsp3) is 0.500. The van der Waals surface area contributed by atoms with Crippen LogP contribution < -0.4 is 10.6 Å². The summed E-state index contributed by atoms with van der Waals surface area (Å²) in [5, 5.41) is 14.7. The molecule has 1 rings (SSSR count). The molecular weight excluding hydrogens is 258 g/mol. The molecule has 0 bridgehead atoms. The van der Waals surface area contributed by atoms with Gasteiger partial charge in [0.2, 0.25) is 5.91 Å². The first-order valence-corrected chi connectivity index (χ1v) is 6.55. The zero-order chi connectivity index (χ0) is 15.3. The summed E-state index contributed by atoms with van der Waals surface area (Å²) in [6.07, 6.45) is 0. The maximum absolute atomic E-state index is 11.8. The number of nitrogens with one attached hydrogen (secondary N) is 2. The van der Waals surface area contributed by atoms with Gasteiger partial charge in [-0.1, -0.05) is 13.8 Å². The number of aromatic carboxylic acids is 1. The molecule has 3 N–H and O–H groups in total. The van der Waals surface area contributed by atoms with Crippen LogP contribution in [0, 0.1) is 12.8 Å². The standard InChI is InChI=1S/C14H21N3O3/c1-8(2)7-15-13(18)10(4)17-12-6-11(14(19)20)5-9(3)16-12/h5-6,8,10H,7H2,1-4H3,(H,15,18)(H,16,17)(H,19,20). The molecule has 1 unspecified atom stereocenters. The first-order valence-electron chi connectivity index (χ1n) is 6.55. The van der Waals surface area contributed by atoms with Gasteiger partial charge in [0.05, 0.1) is 5.56 Å². The second-order valence-corrected chi connectivity index (χ2v) is 5.19. The largest absolute Gasteiger partial charge is 0.478 e. The van der Waals surface area contributed by atoms with Crippen LogP contribution in [0.25, 0.3) is 0 Å². The number of hydrogen-bond donors (Lipinski definition) is 3. The van der Waals surface area contributed by atoms with Gasteiger partial charge in [-0.25, -0.2) is 9.78 Å². The maximum Gasteiger partial charge on any atom is 0.335 e. The van der Waals surface area contributed by atoms with Crippen molar-refractivity contribution in [2.75, 3.05) is 11.9 Å². The fourth-order valence-corrected chi connectivity index (χ4v) is 1.61. The lowest BCUT2D eigenvalue weighted by Crippen LogP contribution is -2.39. The number of carbonyl (C=O) groups is 2. The molecular formula is C14H21N3O3. The molecule has 0 fully saturated rings. The number of carboxylic acids is 1. The fourth-order valence-electron chi connectivity index (χ4n) is 1.61. The van der Waals surface area contributed by atoms with Gasteiger partial charge in [0.15, 0.2) is 0 Å². The lowest BCUT2D eigenvalue weighted by atomic mass is 10.2. The molecule has 0 aromatic carbocycles. The van der Waals surface area contributed by atoms with E-state index >= 15 is 0 Å². The number of pyridine rings is 1. The van der Waals surface area contributed by atoms with Gasteiger partial charge in [-0.05, 0) is 31.9 Å². The van der Waals surface area contributed by atoms with Crippen molar-refractivity contribution in [3.05, 3.63) is 23.4 Å². The second-order valence-electron chi connectivity index (χ2n) is 5.19. The van der Waals surface area contributed by atoms with Crippen LogP contribution in [0.2, 0.25) is 0 Å². The third-order valence-electron chi connectivity index (χ3n) is 2.64. The van der Waals surface area contributed by atoms with E-state index in [1.165, 1.54) is 12.1 Å². The third-order valence-corrected chi connectivity index (χ3v) is 2.64. The van der Waals surface area contributed by atoms with Gasteiger partial charge >= 0.3 is 5.97 Å². The van der Waals surface area contributed by atoms with Gasteiger partial charge in [-0.2, -0.15) is 0 Å². The highest BCUT2D eigenvalue weighted by molar-refractivity contribution is 5.89. The van der Waals surface area contributed by atoms with E-state index in [1.54, 1.807) is 13.8 Å². The minimum absolute atomic E-state index is 0.140. The Hall–Kier alpha value is -2.11. The van der Waals surface area contributed by atoms with Crippen molar-refractivity contribution < 1.29 is 14.7 Å². The lowest BCUT2D eigenvalue weighted by Gasteiger charge is -2.16. The van der Waals surface area contributed by atoms with Crippen LogP contribution in [0.15, 0.2) is 12.1 Å². The monoisotopic (exact) mass is 279 g/mol. The molecule has 1 aromatic heterocycles. The first kappa shape index (κ1) is 15.9. The van der Waals surface area contributed by atoms with Crippen molar-refractivity contribution in [1.82, 2.24) is 10.3 Å². The van der Waals surface area contributed by atoms with Crippen molar-refractivity contribution >= 4 is 17.7 Å². The number of nitrogens with zero attached hydrogens (tertiary/aromatic N) is 1. The van der Waals surface area contributed by atoms with Crippen molar-refractivity contribution in [3.8, 4) is 0 Å². The molecule has 0 saturated heterocycles. The van der Waals surface area contributed by atoms with Gasteiger partial charge < -0.3 is 15.7 Å². The summed E-state index contributed by atoms with van der Waals surface area (Å²) < 4.78 is 0. The van der Waals surface area contributed by atoms with Crippen molar-refractivity contribution in [2.45, 2.75) is 33.7 Å². The first-order chi connectivity index (χ1) is 9.29. The molecule has 6 heteroatoms. The predicted molar refractivity (Wildman–Crippen MR) is 76.9 cm³/mol. The summed E-state index contributed by atoms with van der Waals surface area (Å²) in [5.74, 6) is -0.397. The lowest BCUT2D eigenvalue weighted by molar-refractivity contribution is -0.121. The summed E-state index contributed by atoms with van der Waals surface area (Å²) in [6.45, 7) is 8.05. The average Bonchev–Trinajstić information content (AvgIpc) is 2.34. The summed E-state index contributed by atoms with van der Waals surface area (Å²) in [5.41, 5.74) is 0.733. The zero-order valence-corrected chi connectivity index (χ0v) is 12.2. The Labute approximate surface area is 118 Å². The molecule has 0 aliphatic carbocycles. The molecule has 1 atom stereocenters. The molecule has 20 heavy (non-hydrogen) atoms. The van der Waals surface area contributed by atoms with Gasteiger partial charge in [0, 0.05) is 12.2 Å². The SMILES string of the molecule is Cc1cc(C(=O)O)cc(NC(C)C(=O)NCC(C)C)n1. The predicted octanol–water partition coefficient (Wildman–Crippen LogP) is 1.66. The van der Waals surface area contributed by atoms with E-state index in [1.807, 2.05) is 13.8 Å². The minimum atomic E-state index is -1.02. The molecule has 0 aliphatic rings. The van der Waals surface area contributed by atoms with E-state index in [4.69, 9.17) is 5.11 Å². The normalized spacial score (nSPS) is 12.1. The molecule has 0 saturated carbocycles. The quantitative estimate of drug-likeness (QED) is 0.736. The van der Waals surface area contributed by atoms with Crippen LogP contribution >= 0.6 is 0 Å². The molecule has 1 aromatic rings. The number of carbonyl (C=O) groups excluding carboxylic acids is 1. The van der Waals surface area contributed by atoms with Crippen molar-refractivity contribution in [2.24, 2.45) is 5.92 Å². The molecule has 0 spiro atoms. The molecule has 0 radical (unpaired) electrons. The smallest absolute Gasteiger partial charge is 0.335 e. The Balaban J connectivity index is 2.72. The van der Waals surface area contributed by atoms with E-state index in [0.717, 1.165) is 0 Å². The van der Waals surface area contributed by atoms with E-state index < -0.39 is 12.0 Å². The Morgan fingerprint density at radius 1 is 1.30 bits per heavy atom.